The van der Waals surface area contributed by atoms with E-state index in [-0.39, 0.29) is 17.1 Å². The Morgan fingerprint density at radius 3 is 2.69 bits per heavy atom. The molecule has 0 radical (unpaired) electrons. The maximum absolute atomic E-state index is 13.9. The zero-order chi connectivity index (χ0) is 18.8. The summed E-state index contributed by atoms with van der Waals surface area (Å²) in [4.78, 5) is 22.8. The van der Waals surface area contributed by atoms with Crippen LogP contribution in [0.25, 0.3) is 5.69 Å². The topological polar surface area (TPSA) is 103 Å². The van der Waals surface area contributed by atoms with E-state index < -0.39 is 16.6 Å². The molecule has 132 valence electrons. The molecule has 0 aliphatic rings. The van der Waals surface area contributed by atoms with E-state index in [2.05, 4.69) is 15.6 Å². The van der Waals surface area contributed by atoms with Gasteiger partial charge >= 0.3 is 0 Å². The van der Waals surface area contributed by atoms with Crippen molar-refractivity contribution < 1.29 is 14.1 Å². The highest BCUT2D eigenvalue weighted by Gasteiger charge is 2.19. The molecular weight excluding hydrogens is 341 g/mol. The first-order valence-electron chi connectivity index (χ1n) is 7.61. The highest BCUT2D eigenvalue weighted by atomic mass is 19.1. The van der Waals surface area contributed by atoms with Gasteiger partial charge in [-0.2, -0.15) is 0 Å². The second kappa shape index (κ2) is 6.71. The van der Waals surface area contributed by atoms with Gasteiger partial charge in [0.1, 0.15) is 5.82 Å². The van der Waals surface area contributed by atoms with E-state index in [1.54, 1.807) is 26.0 Å². The number of nitro benzene ring substituents is 1. The number of amides is 1. The molecule has 0 spiro atoms. The van der Waals surface area contributed by atoms with Gasteiger partial charge in [-0.3, -0.25) is 14.9 Å². The molecule has 9 heteroatoms. The molecule has 0 unspecified atom stereocenters. The average Bonchev–Trinajstić information content (AvgIpc) is 2.99. The molecule has 0 saturated carbocycles. The van der Waals surface area contributed by atoms with Crippen molar-refractivity contribution in [1.29, 1.82) is 0 Å². The number of rotatable bonds is 4. The van der Waals surface area contributed by atoms with Crippen LogP contribution in [0.2, 0.25) is 0 Å². The second-order valence-electron chi connectivity index (χ2n) is 5.65. The van der Waals surface area contributed by atoms with Crippen molar-refractivity contribution in [2.75, 3.05) is 5.32 Å². The fourth-order valence-corrected chi connectivity index (χ4v) is 2.43. The van der Waals surface area contributed by atoms with Crippen LogP contribution >= 0.6 is 0 Å². The summed E-state index contributed by atoms with van der Waals surface area (Å²) in [5.41, 5.74) is 1.42. The minimum atomic E-state index is -0.623. The Morgan fingerprint density at radius 1 is 1.23 bits per heavy atom. The van der Waals surface area contributed by atoms with Crippen LogP contribution in [0.15, 0.2) is 42.5 Å². The Kier molecular flexibility index (Phi) is 4.44. The van der Waals surface area contributed by atoms with Gasteiger partial charge in [-0.15, -0.1) is 5.10 Å². The van der Waals surface area contributed by atoms with Crippen molar-refractivity contribution in [1.82, 2.24) is 15.0 Å². The zero-order valence-corrected chi connectivity index (χ0v) is 13.9. The number of hydrogen-bond donors (Lipinski definition) is 1. The number of aryl methyl sites for hydroxylation is 1. The van der Waals surface area contributed by atoms with Crippen LogP contribution < -0.4 is 5.32 Å². The van der Waals surface area contributed by atoms with Crippen molar-refractivity contribution in [3.05, 3.63) is 75.3 Å². The number of nitro groups is 1. The van der Waals surface area contributed by atoms with E-state index in [4.69, 9.17) is 0 Å². The first kappa shape index (κ1) is 17.2. The Hall–Kier alpha value is -3.62. The summed E-state index contributed by atoms with van der Waals surface area (Å²) in [6.07, 6.45) is 0. The predicted octanol–water partition coefficient (Wildman–Crippen LogP) is 3.18. The third-order valence-electron chi connectivity index (χ3n) is 3.77. The lowest BCUT2D eigenvalue weighted by atomic mass is 10.2. The normalized spacial score (nSPS) is 10.6. The summed E-state index contributed by atoms with van der Waals surface area (Å²) >= 11 is 0. The molecule has 8 nitrogen and oxygen atoms in total. The van der Waals surface area contributed by atoms with Crippen LogP contribution in [-0.2, 0) is 0 Å². The van der Waals surface area contributed by atoms with Gasteiger partial charge < -0.3 is 5.32 Å². The highest BCUT2D eigenvalue weighted by molar-refractivity contribution is 6.03. The molecule has 0 aliphatic heterocycles. The molecule has 0 bridgehead atoms. The summed E-state index contributed by atoms with van der Waals surface area (Å²) < 4.78 is 15.2. The van der Waals surface area contributed by atoms with Crippen molar-refractivity contribution in [3.8, 4) is 5.69 Å². The van der Waals surface area contributed by atoms with Crippen molar-refractivity contribution in [3.63, 3.8) is 0 Å². The summed E-state index contributed by atoms with van der Waals surface area (Å²) in [5.74, 6) is -1.18. The molecule has 1 aromatic heterocycles. The van der Waals surface area contributed by atoms with Crippen LogP contribution in [0.5, 0.6) is 0 Å². The minimum absolute atomic E-state index is 0.00326. The number of halogens is 1. The first-order valence-corrected chi connectivity index (χ1v) is 7.61. The largest absolute Gasteiger partial charge is 0.318 e. The number of anilines is 1. The second-order valence-corrected chi connectivity index (χ2v) is 5.65. The summed E-state index contributed by atoms with van der Waals surface area (Å²) in [5, 5.41) is 21.0. The third kappa shape index (κ3) is 3.27. The van der Waals surface area contributed by atoms with Crippen molar-refractivity contribution in [2.45, 2.75) is 13.8 Å². The number of carbonyl (C=O) groups is 1. The van der Waals surface area contributed by atoms with E-state index in [1.807, 2.05) is 0 Å². The van der Waals surface area contributed by atoms with Gasteiger partial charge in [0.15, 0.2) is 5.69 Å². The average molecular weight is 355 g/mol. The summed E-state index contributed by atoms with van der Waals surface area (Å²) in [6, 6.07) is 10.2. The molecule has 26 heavy (non-hydrogen) atoms. The van der Waals surface area contributed by atoms with E-state index in [9.17, 15) is 19.3 Å². The van der Waals surface area contributed by atoms with Gasteiger partial charge in [0.05, 0.1) is 22.0 Å². The lowest BCUT2D eigenvalue weighted by molar-refractivity contribution is -0.384. The number of aromatic nitrogens is 3. The van der Waals surface area contributed by atoms with Gasteiger partial charge in [0.2, 0.25) is 0 Å². The van der Waals surface area contributed by atoms with Gasteiger partial charge in [-0.05, 0) is 37.6 Å². The van der Waals surface area contributed by atoms with E-state index in [1.165, 1.54) is 35.0 Å². The van der Waals surface area contributed by atoms with Gasteiger partial charge in [-0.1, -0.05) is 17.3 Å². The van der Waals surface area contributed by atoms with Crippen LogP contribution in [-0.4, -0.2) is 25.8 Å². The smallest absolute Gasteiger partial charge is 0.278 e. The molecule has 2 aromatic carbocycles. The minimum Gasteiger partial charge on any atom is -0.318 e. The number of non-ortho nitro benzene ring substituents is 1. The van der Waals surface area contributed by atoms with Crippen LogP contribution in [0.1, 0.15) is 21.7 Å². The van der Waals surface area contributed by atoms with Crippen molar-refractivity contribution in [2.24, 2.45) is 0 Å². The number of carbonyl (C=O) groups excluding carboxylic acids is 1. The predicted molar refractivity (Wildman–Crippen MR) is 91.8 cm³/mol. The molecule has 0 saturated heterocycles. The standard InChI is InChI=1S/C17H14FN5O3/c1-10-6-7-15(14(18)8-10)19-17(24)16-11(2)22(21-20-16)12-4-3-5-13(9-12)23(25)26/h3-9H,1-2H3,(H,19,24). The molecule has 1 amide bonds. The Morgan fingerprint density at radius 2 is 2.00 bits per heavy atom. The Bertz CT molecular complexity index is 1020. The molecule has 3 aromatic rings. The first-order chi connectivity index (χ1) is 12.4. The lowest BCUT2D eigenvalue weighted by Gasteiger charge is -2.06. The molecule has 1 N–H and O–H groups in total. The van der Waals surface area contributed by atoms with Crippen molar-refractivity contribution >= 4 is 17.3 Å². The quantitative estimate of drug-likeness (QED) is 0.572. The monoisotopic (exact) mass is 355 g/mol. The summed E-state index contributed by atoms with van der Waals surface area (Å²) in [7, 11) is 0. The molecule has 1 heterocycles. The van der Waals surface area contributed by atoms with E-state index in [0.29, 0.717) is 11.4 Å². The molecule has 0 aliphatic carbocycles. The van der Waals surface area contributed by atoms with E-state index >= 15 is 0 Å². The molecule has 0 fully saturated rings. The molecule has 0 atom stereocenters. The van der Waals surface area contributed by atoms with E-state index in [0.717, 1.165) is 5.56 Å². The zero-order valence-electron chi connectivity index (χ0n) is 13.9. The SMILES string of the molecule is Cc1ccc(NC(=O)c2nnn(-c3cccc([N+](=O)[O-])c3)c2C)c(F)c1. The maximum atomic E-state index is 13.9. The number of benzene rings is 2. The lowest BCUT2D eigenvalue weighted by Crippen LogP contribution is -2.15. The van der Waals surface area contributed by atoms with Crippen LogP contribution in [0.3, 0.4) is 0 Å². The Balaban J connectivity index is 1.90. The fraction of sp³-hybridized carbons (Fsp3) is 0.118. The van der Waals surface area contributed by atoms with Gasteiger partial charge in [0.25, 0.3) is 11.6 Å². The fourth-order valence-electron chi connectivity index (χ4n) is 2.43. The van der Waals surface area contributed by atoms with Gasteiger partial charge in [-0.25, -0.2) is 9.07 Å². The third-order valence-corrected chi connectivity index (χ3v) is 3.77. The number of nitrogens with zero attached hydrogens (tertiary/aromatic N) is 4. The van der Waals surface area contributed by atoms with Gasteiger partial charge in [0, 0.05) is 12.1 Å². The van der Waals surface area contributed by atoms with Crippen LogP contribution in [0.4, 0.5) is 15.8 Å². The molecule has 3 rings (SSSR count). The summed E-state index contributed by atoms with van der Waals surface area (Å²) in [6.45, 7) is 3.34. The van der Waals surface area contributed by atoms with Crippen LogP contribution in [0, 0.1) is 29.8 Å². The number of hydrogen-bond acceptors (Lipinski definition) is 5. The number of nitrogens with one attached hydrogen (secondary N) is 1. The highest BCUT2D eigenvalue weighted by Crippen LogP contribution is 2.20. The maximum Gasteiger partial charge on any atom is 0.278 e. The molecular formula is C17H14FN5O3. The Labute approximate surface area is 147 Å².